The minimum Gasteiger partial charge on any atom is -0.468 e. The molecule has 0 spiro atoms. The van der Waals surface area contributed by atoms with Crippen molar-refractivity contribution in [1.29, 1.82) is 0 Å². The average molecular weight is 293 g/mol. The molecule has 1 aliphatic rings. The van der Waals surface area contributed by atoms with Crippen molar-refractivity contribution in [2.75, 3.05) is 19.4 Å². The van der Waals surface area contributed by atoms with Gasteiger partial charge in [-0.15, -0.1) is 0 Å². The van der Waals surface area contributed by atoms with Gasteiger partial charge >= 0.3 is 5.97 Å². The molecule has 6 nitrogen and oxygen atoms in total. The number of methoxy groups -OCH3 is 1. The fourth-order valence-corrected chi connectivity index (χ4v) is 4.07. The zero-order valence-electron chi connectivity index (χ0n) is 11.5. The quantitative estimate of drug-likeness (QED) is 0.746. The second-order valence-electron chi connectivity index (χ2n) is 5.03. The molecule has 1 N–H and O–H groups in total. The third-order valence-electron chi connectivity index (χ3n) is 3.32. The Labute approximate surface area is 114 Å². The largest absolute Gasteiger partial charge is 0.468 e. The summed E-state index contributed by atoms with van der Waals surface area (Å²) in [6, 6.07) is -0.225. The Balaban J connectivity index is 2.86. The Hall–Kier alpha value is -0.660. The molecule has 0 amide bonds. The highest BCUT2D eigenvalue weighted by Gasteiger charge is 2.33. The van der Waals surface area contributed by atoms with E-state index in [0.717, 1.165) is 25.7 Å². The fraction of sp³-hybridized carbons (Fsp3) is 0.917. The zero-order chi connectivity index (χ0) is 14.5. The first kappa shape index (κ1) is 16.4. The van der Waals surface area contributed by atoms with Crippen molar-refractivity contribution in [3.8, 4) is 0 Å². The molecule has 7 heteroatoms. The van der Waals surface area contributed by atoms with Crippen LogP contribution in [0.1, 0.15) is 39.0 Å². The first-order valence-corrected chi connectivity index (χ1v) is 8.22. The van der Waals surface area contributed by atoms with Crippen LogP contribution in [0.4, 0.5) is 0 Å². The van der Waals surface area contributed by atoms with Gasteiger partial charge in [0.05, 0.1) is 13.2 Å². The maximum atomic E-state index is 12.2. The Morgan fingerprint density at radius 1 is 1.42 bits per heavy atom. The molecular weight excluding hydrogens is 270 g/mol. The van der Waals surface area contributed by atoms with Gasteiger partial charge in [-0.05, 0) is 26.2 Å². The molecule has 2 atom stereocenters. The molecule has 19 heavy (non-hydrogen) atoms. The van der Waals surface area contributed by atoms with Crippen LogP contribution < -0.4 is 0 Å². The number of hydrogen-bond acceptors (Lipinski definition) is 5. The Morgan fingerprint density at radius 2 is 2.11 bits per heavy atom. The van der Waals surface area contributed by atoms with Gasteiger partial charge in [-0.1, -0.05) is 12.8 Å². The maximum absolute atomic E-state index is 12.2. The molecule has 112 valence electrons. The van der Waals surface area contributed by atoms with E-state index < -0.39 is 27.8 Å². The number of carbonyl (C=O) groups is 1. The van der Waals surface area contributed by atoms with E-state index in [1.807, 2.05) is 0 Å². The van der Waals surface area contributed by atoms with Gasteiger partial charge in [-0.3, -0.25) is 4.79 Å². The van der Waals surface area contributed by atoms with Crippen molar-refractivity contribution in [3.05, 3.63) is 0 Å². The first-order chi connectivity index (χ1) is 8.86. The predicted molar refractivity (Wildman–Crippen MR) is 71.1 cm³/mol. The summed E-state index contributed by atoms with van der Waals surface area (Å²) in [5.41, 5.74) is 0. The van der Waals surface area contributed by atoms with Crippen LogP contribution in [0.2, 0.25) is 0 Å². The second-order valence-corrected chi connectivity index (χ2v) is 6.95. The van der Waals surface area contributed by atoms with Crippen molar-refractivity contribution in [1.82, 2.24) is 4.31 Å². The highest BCUT2D eigenvalue weighted by atomic mass is 32.2. The van der Waals surface area contributed by atoms with Crippen LogP contribution in [0.25, 0.3) is 0 Å². The molecule has 1 fully saturated rings. The van der Waals surface area contributed by atoms with E-state index in [1.54, 1.807) is 6.92 Å². The van der Waals surface area contributed by atoms with Gasteiger partial charge in [0.15, 0.2) is 5.75 Å². The van der Waals surface area contributed by atoms with Crippen molar-refractivity contribution >= 4 is 16.0 Å². The van der Waals surface area contributed by atoms with Gasteiger partial charge in [0.25, 0.3) is 0 Å². The topological polar surface area (TPSA) is 83.9 Å². The normalized spacial score (nSPS) is 23.6. The lowest BCUT2D eigenvalue weighted by atomic mass is 10.1. The van der Waals surface area contributed by atoms with Crippen LogP contribution in [0.15, 0.2) is 0 Å². The van der Waals surface area contributed by atoms with E-state index in [-0.39, 0.29) is 6.04 Å². The molecule has 1 saturated heterocycles. The molecule has 0 saturated carbocycles. The number of nitrogens with zero attached hydrogens (tertiary/aromatic N) is 1. The molecule has 1 heterocycles. The predicted octanol–water partition coefficient (Wildman–Crippen LogP) is 0.505. The lowest BCUT2D eigenvalue weighted by Crippen LogP contribution is -2.44. The summed E-state index contributed by atoms with van der Waals surface area (Å²) in [5.74, 6) is -1.38. The minimum atomic E-state index is -3.67. The lowest BCUT2D eigenvalue weighted by molar-refractivity contribution is -0.137. The van der Waals surface area contributed by atoms with Crippen molar-refractivity contribution in [3.63, 3.8) is 0 Å². The number of rotatable bonds is 5. The molecule has 2 unspecified atom stereocenters. The molecule has 0 aromatic carbocycles. The third kappa shape index (κ3) is 5.08. The SMILES string of the molecule is COC(=O)CS(=O)(=O)N1CCCCCC1CC(C)O. The molecule has 0 aliphatic carbocycles. The first-order valence-electron chi connectivity index (χ1n) is 6.61. The molecular formula is C12H23NO5S. The highest BCUT2D eigenvalue weighted by Crippen LogP contribution is 2.23. The zero-order valence-corrected chi connectivity index (χ0v) is 12.4. The summed E-state index contributed by atoms with van der Waals surface area (Å²) in [6.45, 7) is 2.06. The smallest absolute Gasteiger partial charge is 0.322 e. The number of ether oxygens (including phenoxy) is 1. The minimum absolute atomic E-state index is 0.225. The fourth-order valence-electron chi connectivity index (χ4n) is 2.44. The van der Waals surface area contributed by atoms with Crippen LogP contribution in [0, 0.1) is 0 Å². The van der Waals surface area contributed by atoms with E-state index in [9.17, 15) is 18.3 Å². The van der Waals surface area contributed by atoms with E-state index >= 15 is 0 Å². The summed E-state index contributed by atoms with van der Waals surface area (Å²) in [5, 5.41) is 9.49. The molecule has 0 radical (unpaired) electrons. The molecule has 0 bridgehead atoms. The summed E-state index contributed by atoms with van der Waals surface area (Å²) >= 11 is 0. The molecule has 0 aromatic heterocycles. The number of sulfonamides is 1. The lowest BCUT2D eigenvalue weighted by Gasteiger charge is -2.29. The Kier molecular flexibility index (Phi) is 6.22. The summed E-state index contributed by atoms with van der Waals surface area (Å²) in [4.78, 5) is 11.2. The van der Waals surface area contributed by atoms with Crippen molar-refractivity contribution in [2.45, 2.75) is 51.2 Å². The van der Waals surface area contributed by atoms with Gasteiger partial charge in [-0.2, -0.15) is 4.31 Å². The number of aliphatic hydroxyl groups is 1. The van der Waals surface area contributed by atoms with Crippen LogP contribution >= 0.6 is 0 Å². The standard InChI is InChI=1S/C12H23NO5S/c1-10(14)8-11-6-4-3-5-7-13(11)19(16,17)9-12(15)18-2/h10-11,14H,3-9H2,1-2H3. The van der Waals surface area contributed by atoms with Gasteiger partial charge < -0.3 is 9.84 Å². The van der Waals surface area contributed by atoms with Crippen molar-refractivity contribution < 1.29 is 23.1 Å². The van der Waals surface area contributed by atoms with Crippen LogP contribution in [0.5, 0.6) is 0 Å². The average Bonchev–Trinajstić information content (AvgIpc) is 2.53. The number of esters is 1. The van der Waals surface area contributed by atoms with Crippen LogP contribution in [-0.2, 0) is 19.6 Å². The number of aliphatic hydroxyl groups excluding tert-OH is 1. The summed E-state index contributed by atoms with van der Waals surface area (Å²) in [7, 11) is -2.49. The van der Waals surface area contributed by atoms with Crippen LogP contribution in [-0.4, -0.2) is 55.4 Å². The van der Waals surface area contributed by atoms with Gasteiger partial charge in [0.2, 0.25) is 10.0 Å². The molecule has 1 rings (SSSR count). The number of hydrogen-bond donors (Lipinski definition) is 1. The Morgan fingerprint density at radius 3 is 2.68 bits per heavy atom. The monoisotopic (exact) mass is 293 g/mol. The number of carbonyl (C=O) groups excluding carboxylic acids is 1. The van der Waals surface area contributed by atoms with Crippen LogP contribution in [0.3, 0.4) is 0 Å². The van der Waals surface area contributed by atoms with E-state index in [0.29, 0.717) is 13.0 Å². The summed E-state index contributed by atoms with van der Waals surface area (Å²) in [6.07, 6.45) is 3.28. The van der Waals surface area contributed by atoms with E-state index in [4.69, 9.17) is 0 Å². The second kappa shape index (κ2) is 7.21. The van der Waals surface area contributed by atoms with E-state index in [2.05, 4.69) is 4.74 Å². The molecule has 0 aromatic rings. The summed E-state index contributed by atoms with van der Waals surface area (Å²) < 4.78 is 30.3. The van der Waals surface area contributed by atoms with E-state index in [1.165, 1.54) is 11.4 Å². The van der Waals surface area contributed by atoms with Gasteiger partial charge in [0.1, 0.15) is 0 Å². The van der Waals surface area contributed by atoms with Gasteiger partial charge in [0, 0.05) is 12.6 Å². The Bertz CT molecular complexity index is 393. The molecule has 1 aliphatic heterocycles. The van der Waals surface area contributed by atoms with Gasteiger partial charge in [-0.25, -0.2) is 8.42 Å². The third-order valence-corrected chi connectivity index (χ3v) is 5.12. The maximum Gasteiger partial charge on any atom is 0.322 e. The highest BCUT2D eigenvalue weighted by molar-refractivity contribution is 7.89. The van der Waals surface area contributed by atoms with Crippen molar-refractivity contribution in [2.24, 2.45) is 0 Å².